The second-order valence-electron chi connectivity index (χ2n) is 1.90. The van der Waals surface area contributed by atoms with Gasteiger partial charge in [0.1, 0.15) is 0 Å². The molecule has 0 atom stereocenters. The van der Waals surface area contributed by atoms with Gasteiger partial charge in [0.05, 0.1) is 10.7 Å². The van der Waals surface area contributed by atoms with Crippen LogP contribution in [0, 0.1) is 0 Å². The number of isothiocyanates is 1. The van der Waals surface area contributed by atoms with E-state index in [9.17, 15) is 4.79 Å². The largest absolute Gasteiger partial charge is 0.287 e. The number of aliphatic imine (C=N–C) groups is 1. The number of thiocarbonyl (C=S) groups is 1. The average Bonchev–Trinajstić information content (AvgIpc) is 2.05. The smallest absolute Gasteiger partial charge is 0.266 e. The molecule has 5 heteroatoms. The fourth-order valence-corrected chi connectivity index (χ4v) is 1.08. The van der Waals surface area contributed by atoms with Gasteiger partial charge in [-0.2, -0.15) is 4.99 Å². The first-order valence-corrected chi connectivity index (χ1v) is 4.17. The van der Waals surface area contributed by atoms with E-state index >= 15 is 0 Å². The standard InChI is InChI=1S/C7H3BrN2OS/c8-6-1-5(2-9-3-6)7(11)10-4-12/h1-3H. The number of carbonyl (C=O) groups is 1. The second kappa shape index (κ2) is 4.21. The fraction of sp³-hybridized carbons (Fsp3) is 0. The quantitative estimate of drug-likeness (QED) is 0.560. The van der Waals surface area contributed by atoms with Crippen molar-refractivity contribution >= 4 is 39.2 Å². The number of halogens is 1. The third-order valence-corrected chi connectivity index (χ3v) is 1.62. The van der Waals surface area contributed by atoms with E-state index in [1.807, 2.05) is 5.16 Å². The third kappa shape index (κ3) is 2.30. The highest BCUT2D eigenvalue weighted by Crippen LogP contribution is 2.09. The Balaban J connectivity index is 3.03. The fourth-order valence-electron chi connectivity index (χ4n) is 0.635. The molecule has 1 amide bonds. The van der Waals surface area contributed by atoms with Gasteiger partial charge in [-0.1, -0.05) is 0 Å². The molecule has 0 unspecified atom stereocenters. The molecular formula is C7H3BrN2OS. The lowest BCUT2D eigenvalue weighted by atomic mass is 10.3. The predicted octanol–water partition coefficient (Wildman–Crippen LogP) is 2.09. The summed E-state index contributed by atoms with van der Waals surface area (Å²) in [4.78, 5) is 18.1. The molecule has 0 aliphatic rings. The van der Waals surface area contributed by atoms with Crippen molar-refractivity contribution in [1.29, 1.82) is 0 Å². The van der Waals surface area contributed by atoms with Crippen LogP contribution in [0.15, 0.2) is 27.9 Å². The molecule has 0 aliphatic heterocycles. The Bertz CT molecular complexity index is 360. The monoisotopic (exact) mass is 242 g/mol. The molecule has 3 nitrogen and oxygen atoms in total. The summed E-state index contributed by atoms with van der Waals surface area (Å²) in [5.74, 6) is -0.432. The van der Waals surface area contributed by atoms with Crippen molar-refractivity contribution in [3.63, 3.8) is 0 Å². The minimum atomic E-state index is -0.432. The maximum absolute atomic E-state index is 11.0. The summed E-state index contributed by atoms with van der Waals surface area (Å²) < 4.78 is 0.730. The average molecular weight is 243 g/mol. The van der Waals surface area contributed by atoms with E-state index in [0.717, 1.165) is 4.47 Å². The molecule has 0 N–H and O–H groups in total. The summed E-state index contributed by atoms with van der Waals surface area (Å²) in [5, 5.41) is 2.00. The molecule has 0 fully saturated rings. The maximum Gasteiger partial charge on any atom is 0.287 e. The number of nitrogens with zero attached hydrogens (tertiary/aromatic N) is 2. The summed E-state index contributed by atoms with van der Waals surface area (Å²) in [5.41, 5.74) is 0.390. The summed E-state index contributed by atoms with van der Waals surface area (Å²) in [6.07, 6.45) is 3.00. The van der Waals surface area contributed by atoms with Crippen LogP contribution in [0.2, 0.25) is 0 Å². The Hall–Kier alpha value is -0.900. The van der Waals surface area contributed by atoms with E-state index in [-0.39, 0.29) is 0 Å². The molecule has 1 heterocycles. The zero-order chi connectivity index (χ0) is 8.97. The Kier molecular flexibility index (Phi) is 3.22. The Morgan fingerprint density at radius 2 is 2.42 bits per heavy atom. The van der Waals surface area contributed by atoms with Crippen LogP contribution in [0.5, 0.6) is 0 Å². The number of aromatic nitrogens is 1. The van der Waals surface area contributed by atoms with Gasteiger partial charge in [-0.3, -0.25) is 9.78 Å². The number of hydrogen-bond donors (Lipinski definition) is 0. The molecule has 0 saturated carbocycles. The Morgan fingerprint density at radius 3 is 3.00 bits per heavy atom. The highest BCUT2D eigenvalue weighted by molar-refractivity contribution is 9.10. The number of carbonyl (C=O) groups excluding carboxylic acids is 1. The van der Waals surface area contributed by atoms with Crippen molar-refractivity contribution in [2.75, 3.05) is 0 Å². The van der Waals surface area contributed by atoms with Crippen molar-refractivity contribution in [2.45, 2.75) is 0 Å². The lowest BCUT2D eigenvalue weighted by Crippen LogP contribution is -1.94. The van der Waals surface area contributed by atoms with Crippen molar-refractivity contribution < 1.29 is 4.79 Å². The summed E-state index contributed by atoms with van der Waals surface area (Å²) >= 11 is 7.47. The normalized spacial score (nSPS) is 8.75. The van der Waals surface area contributed by atoms with Crippen LogP contribution < -0.4 is 0 Å². The lowest BCUT2D eigenvalue weighted by molar-refractivity contribution is 0.100. The van der Waals surface area contributed by atoms with Gasteiger partial charge in [-0.15, -0.1) is 0 Å². The SMILES string of the molecule is O=C(N=C=S)c1cncc(Br)c1. The van der Waals surface area contributed by atoms with Gasteiger partial charge in [-0.05, 0) is 34.2 Å². The molecule has 0 aliphatic carbocycles. The van der Waals surface area contributed by atoms with Gasteiger partial charge in [0.25, 0.3) is 5.91 Å². The van der Waals surface area contributed by atoms with Gasteiger partial charge in [0, 0.05) is 16.9 Å². The summed E-state index contributed by atoms with van der Waals surface area (Å²) in [6.45, 7) is 0. The minimum Gasteiger partial charge on any atom is -0.266 e. The van der Waals surface area contributed by atoms with Gasteiger partial charge in [0.15, 0.2) is 0 Å². The number of hydrogen-bond acceptors (Lipinski definition) is 3. The van der Waals surface area contributed by atoms with E-state index < -0.39 is 5.91 Å². The molecule has 60 valence electrons. The first-order valence-electron chi connectivity index (χ1n) is 2.97. The highest BCUT2D eigenvalue weighted by atomic mass is 79.9. The molecule has 1 aromatic heterocycles. The topological polar surface area (TPSA) is 42.3 Å². The second-order valence-corrected chi connectivity index (χ2v) is 3.00. The van der Waals surface area contributed by atoms with E-state index in [1.54, 1.807) is 12.3 Å². The van der Waals surface area contributed by atoms with Crippen molar-refractivity contribution in [2.24, 2.45) is 4.99 Å². The van der Waals surface area contributed by atoms with Crippen LogP contribution in [-0.4, -0.2) is 16.1 Å². The predicted molar refractivity (Wildman–Crippen MR) is 51.3 cm³/mol. The number of amides is 1. The number of pyridine rings is 1. The lowest BCUT2D eigenvalue weighted by Gasteiger charge is -1.92. The van der Waals surface area contributed by atoms with Crippen LogP contribution in [0.25, 0.3) is 0 Å². The van der Waals surface area contributed by atoms with Crippen LogP contribution >= 0.6 is 28.1 Å². The van der Waals surface area contributed by atoms with E-state index in [1.165, 1.54) is 6.20 Å². The molecule has 1 aromatic rings. The Morgan fingerprint density at radius 1 is 1.67 bits per heavy atom. The zero-order valence-corrected chi connectivity index (χ0v) is 8.22. The molecular weight excluding hydrogens is 240 g/mol. The van der Waals surface area contributed by atoms with Crippen LogP contribution in [0.1, 0.15) is 10.4 Å². The summed E-state index contributed by atoms with van der Waals surface area (Å²) in [7, 11) is 0. The van der Waals surface area contributed by atoms with E-state index in [2.05, 4.69) is 38.1 Å². The first-order chi connectivity index (χ1) is 5.74. The van der Waals surface area contributed by atoms with E-state index in [0.29, 0.717) is 5.56 Å². The van der Waals surface area contributed by atoms with Crippen molar-refractivity contribution in [3.8, 4) is 0 Å². The number of rotatable bonds is 1. The van der Waals surface area contributed by atoms with Gasteiger partial charge >= 0.3 is 0 Å². The molecule has 0 saturated heterocycles. The highest BCUT2D eigenvalue weighted by Gasteiger charge is 2.02. The summed E-state index contributed by atoms with van der Waals surface area (Å²) in [6, 6.07) is 1.62. The first kappa shape index (κ1) is 9.19. The van der Waals surface area contributed by atoms with Crippen molar-refractivity contribution in [3.05, 3.63) is 28.5 Å². The minimum absolute atomic E-state index is 0.390. The van der Waals surface area contributed by atoms with E-state index in [4.69, 9.17) is 0 Å². The molecule has 0 bridgehead atoms. The zero-order valence-electron chi connectivity index (χ0n) is 5.82. The van der Waals surface area contributed by atoms with Gasteiger partial charge < -0.3 is 0 Å². The molecule has 0 radical (unpaired) electrons. The maximum atomic E-state index is 11.0. The van der Waals surface area contributed by atoms with Crippen molar-refractivity contribution in [1.82, 2.24) is 4.98 Å². The van der Waals surface area contributed by atoms with Gasteiger partial charge in [-0.25, -0.2) is 0 Å². The third-order valence-electron chi connectivity index (χ3n) is 1.10. The molecule has 12 heavy (non-hydrogen) atoms. The van der Waals surface area contributed by atoms with Crippen LogP contribution in [-0.2, 0) is 0 Å². The molecule has 0 aromatic carbocycles. The van der Waals surface area contributed by atoms with Crippen LogP contribution in [0.3, 0.4) is 0 Å². The molecule has 1 rings (SSSR count). The molecule has 0 spiro atoms. The van der Waals surface area contributed by atoms with Gasteiger partial charge in [0.2, 0.25) is 0 Å². The Labute approximate surface area is 82.7 Å². The van der Waals surface area contributed by atoms with Crippen LogP contribution in [0.4, 0.5) is 0 Å².